The van der Waals surface area contributed by atoms with E-state index in [1.807, 2.05) is 12.1 Å². The van der Waals surface area contributed by atoms with Crippen LogP contribution >= 0.6 is 0 Å². The molecule has 1 aliphatic carbocycles. The summed E-state index contributed by atoms with van der Waals surface area (Å²) in [7, 11) is 0. The third kappa shape index (κ3) is 2.72. The Morgan fingerprint density at radius 1 is 1.08 bits per heavy atom. The lowest BCUT2D eigenvalue weighted by atomic mass is 10.1. The van der Waals surface area contributed by atoms with Gasteiger partial charge in [0.1, 0.15) is 0 Å². The molecule has 0 amide bonds. The first kappa shape index (κ1) is 15.1. The molecular formula is C18H16F3N3. The molecule has 2 aromatic carbocycles. The van der Waals surface area contributed by atoms with Gasteiger partial charge in [-0.25, -0.2) is 4.99 Å². The zero-order chi connectivity index (χ0) is 16.7. The van der Waals surface area contributed by atoms with Gasteiger partial charge < -0.3 is 10.6 Å². The summed E-state index contributed by atoms with van der Waals surface area (Å²) in [6.45, 7) is 0.466. The molecule has 0 saturated carbocycles. The molecule has 4 rings (SSSR count). The molecule has 0 fully saturated rings. The molecule has 0 bridgehead atoms. The second-order valence-electron chi connectivity index (χ2n) is 6.09. The molecule has 1 unspecified atom stereocenters. The quantitative estimate of drug-likeness (QED) is 0.826. The second kappa shape index (κ2) is 5.54. The molecule has 124 valence electrons. The van der Waals surface area contributed by atoms with E-state index < -0.39 is 11.7 Å². The molecule has 0 radical (unpaired) electrons. The first-order chi connectivity index (χ1) is 11.5. The smallest absolute Gasteiger partial charge is 0.352 e. The van der Waals surface area contributed by atoms with Gasteiger partial charge in [0, 0.05) is 6.54 Å². The fourth-order valence-electron chi connectivity index (χ4n) is 3.29. The average molecular weight is 331 g/mol. The van der Waals surface area contributed by atoms with E-state index in [2.05, 4.69) is 27.8 Å². The van der Waals surface area contributed by atoms with Crippen LogP contribution in [0, 0.1) is 0 Å². The molecule has 2 N–H and O–H groups in total. The van der Waals surface area contributed by atoms with Gasteiger partial charge in [0.15, 0.2) is 5.96 Å². The van der Waals surface area contributed by atoms with Crippen molar-refractivity contribution in [3.05, 3.63) is 64.7 Å². The predicted molar refractivity (Wildman–Crippen MR) is 86.0 cm³/mol. The summed E-state index contributed by atoms with van der Waals surface area (Å²) in [5.41, 5.74) is 3.01. The van der Waals surface area contributed by atoms with Crippen LogP contribution in [-0.4, -0.2) is 5.96 Å². The van der Waals surface area contributed by atoms with Gasteiger partial charge in [0.05, 0.1) is 17.3 Å². The maximum Gasteiger partial charge on any atom is 0.416 e. The number of rotatable bonds is 1. The average Bonchev–Trinajstić information content (AvgIpc) is 2.97. The summed E-state index contributed by atoms with van der Waals surface area (Å²) < 4.78 is 38.6. The molecule has 0 aromatic heterocycles. The maximum absolute atomic E-state index is 12.9. The molecule has 1 aliphatic heterocycles. The minimum Gasteiger partial charge on any atom is -0.352 e. The van der Waals surface area contributed by atoms with Crippen molar-refractivity contribution in [2.24, 2.45) is 4.99 Å². The van der Waals surface area contributed by atoms with E-state index in [-0.39, 0.29) is 6.04 Å². The number of hydrogen-bond acceptors (Lipinski definition) is 3. The van der Waals surface area contributed by atoms with E-state index in [1.165, 1.54) is 17.2 Å². The van der Waals surface area contributed by atoms with Crippen molar-refractivity contribution in [1.29, 1.82) is 0 Å². The van der Waals surface area contributed by atoms with Crippen LogP contribution in [0.2, 0.25) is 0 Å². The highest BCUT2D eigenvalue weighted by atomic mass is 19.4. The standard InChI is InChI=1S/C18H16F3N3/c19-18(20,21)13-7-5-12-10-22-17(24-16(12)9-13)23-15-8-6-11-3-1-2-4-14(11)15/h1-5,7,9,15H,6,8,10H2,(H2,22,23,24). The van der Waals surface area contributed by atoms with Crippen LogP contribution in [-0.2, 0) is 19.1 Å². The minimum atomic E-state index is -4.35. The Labute approximate surface area is 137 Å². The minimum absolute atomic E-state index is 0.139. The fourth-order valence-corrected chi connectivity index (χ4v) is 3.29. The molecule has 0 spiro atoms. The Hall–Kier alpha value is -2.50. The van der Waals surface area contributed by atoms with Gasteiger partial charge in [-0.05, 0) is 41.7 Å². The predicted octanol–water partition coefficient (Wildman–Crippen LogP) is 4.07. The summed E-state index contributed by atoms with van der Waals surface area (Å²) in [5.74, 6) is 0.531. The summed E-state index contributed by atoms with van der Waals surface area (Å²) in [6, 6.07) is 12.0. The number of guanidine groups is 1. The lowest BCUT2D eigenvalue weighted by Crippen LogP contribution is -2.40. The van der Waals surface area contributed by atoms with Crippen LogP contribution in [0.3, 0.4) is 0 Å². The van der Waals surface area contributed by atoms with E-state index in [0.717, 1.165) is 30.5 Å². The number of nitrogens with zero attached hydrogens (tertiary/aromatic N) is 1. The van der Waals surface area contributed by atoms with Crippen molar-refractivity contribution in [1.82, 2.24) is 10.6 Å². The number of hydrogen-bond donors (Lipinski definition) is 2. The summed E-state index contributed by atoms with van der Waals surface area (Å²) in [4.78, 5) is 4.35. The fraction of sp³-hybridized carbons (Fsp3) is 0.278. The molecule has 1 atom stereocenters. The zero-order valence-corrected chi connectivity index (χ0v) is 12.8. The maximum atomic E-state index is 12.9. The third-order valence-electron chi connectivity index (χ3n) is 4.53. The Kier molecular flexibility index (Phi) is 3.48. The first-order valence-electron chi connectivity index (χ1n) is 7.88. The first-order valence-corrected chi connectivity index (χ1v) is 7.88. The molecule has 2 aromatic rings. The van der Waals surface area contributed by atoms with Gasteiger partial charge in [-0.2, -0.15) is 13.2 Å². The lowest BCUT2D eigenvalue weighted by molar-refractivity contribution is -0.137. The van der Waals surface area contributed by atoms with E-state index in [4.69, 9.17) is 0 Å². The molecular weight excluding hydrogens is 315 g/mol. The highest BCUT2D eigenvalue weighted by Gasteiger charge is 2.31. The Balaban J connectivity index is 1.59. The van der Waals surface area contributed by atoms with Crippen LogP contribution in [0.4, 0.5) is 18.9 Å². The number of benzene rings is 2. The van der Waals surface area contributed by atoms with E-state index in [1.54, 1.807) is 0 Å². The van der Waals surface area contributed by atoms with Gasteiger partial charge in [0.2, 0.25) is 0 Å². The van der Waals surface area contributed by atoms with Crippen molar-refractivity contribution in [3.63, 3.8) is 0 Å². The van der Waals surface area contributed by atoms with Gasteiger partial charge in [-0.15, -0.1) is 0 Å². The zero-order valence-electron chi connectivity index (χ0n) is 12.8. The SMILES string of the molecule is FC(F)(F)c1ccc2c(c1)N=C(NC1CCc3ccccc31)NC2. The van der Waals surface area contributed by atoms with Crippen LogP contribution in [0.5, 0.6) is 0 Å². The highest BCUT2D eigenvalue weighted by Crippen LogP contribution is 2.35. The number of nitrogens with one attached hydrogen (secondary N) is 2. The van der Waals surface area contributed by atoms with Crippen molar-refractivity contribution in [3.8, 4) is 0 Å². The summed E-state index contributed by atoms with van der Waals surface area (Å²) in [6.07, 6.45) is -2.40. The number of fused-ring (bicyclic) bond motifs is 2. The number of aliphatic imine (C=N–C) groups is 1. The van der Waals surface area contributed by atoms with Crippen LogP contribution in [0.15, 0.2) is 47.5 Å². The molecule has 6 heteroatoms. The Morgan fingerprint density at radius 2 is 1.92 bits per heavy atom. The molecule has 2 aliphatic rings. The van der Waals surface area contributed by atoms with Crippen molar-refractivity contribution < 1.29 is 13.2 Å². The molecule has 1 heterocycles. The topological polar surface area (TPSA) is 36.4 Å². The van der Waals surface area contributed by atoms with Crippen LogP contribution < -0.4 is 10.6 Å². The van der Waals surface area contributed by atoms with Gasteiger partial charge in [-0.3, -0.25) is 0 Å². The van der Waals surface area contributed by atoms with Crippen molar-refractivity contribution in [2.75, 3.05) is 0 Å². The monoisotopic (exact) mass is 331 g/mol. The Bertz CT molecular complexity index is 811. The lowest BCUT2D eigenvalue weighted by Gasteiger charge is -2.23. The number of halogens is 3. The van der Waals surface area contributed by atoms with Gasteiger partial charge in [0.25, 0.3) is 0 Å². The number of aryl methyl sites for hydroxylation is 1. The number of alkyl halides is 3. The van der Waals surface area contributed by atoms with E-state index in [0.29, 0.717) is 18.2 Å². The normalized spacial score (nSPS) is 19.1. The Morgan fingerprint density at radius 3 is 2.75 bits per heavy atom. The largest absolute Gasteiger partial charge is 0.416 e. The van der Waals surface area contributed by atoms with Gasteiger partial charge in [-0.1, -0.05) is 30.3 Å². The third-order valence-corrected chi connectivity index (χ3v) is 4.53. The van der Waals surface area contributed by atoms with Gasteiger partial charge >= 0.3 is 6.18 Å². The second-order valence-corrected chi connectivity index (χ2v) is 6.09. The molecule has 24 heavy (non-hydrogen) atoms. The molecule has 0 saturated heterocycles. The van der Waals surface area contributed by atoms with Crippen LogP contribution in [0.1, 0.15) is 34.7 Å². The molecule has 3 nitrogen and oxygen atoms in total. The van der Waals surface area contributed by atoms with E-state index in [9.17, 15) is 13.2 Å². The van der Waals surface area contributed by atoms with Crippen molar-refractivity contribution >= 4 is 11.6 Å². The van der Waals surface area contributed by atoms with E-state index >= 15 is 0 Å². The highest BCUT2D eigenvalue weighted by molar-refractivity contribution is 5.85. The van der Waals surface area contributed by atoms with Crippen molar-refractivity contribution in [2.45, 2.75) is 31.6 Å². The summed E-state index contributed by atoms with van der Waals surface area (Å²) in [5, 5.41) is 6.48. The summed E-state index contributed by atoms with van der Waals surface area (Å²) >= 11 is 0. The van der Waals surface area contributed by atoms with Crippen LogP contribution in [0.25, 0.3) is 0 Å².